The second-order valence-corrected chi connectivity index (χ2v) is 5.10. The second-order valence-electron chi connectivity index (χ2n) is 5.10. The lowest BCUT2D eigenvalue weighted by molar-refractivity contribution is 0.162. The first-order valence-electron chi connectivity index (χ1n) is 6.52. The van der Waals surface area contributed by atoms with Gasteiger partial charge in [0.2, 0.25) is 0 Å². The molecule has 1 fully saturated rings. The molecule has 104 valence electrons. The Balaban J connectivity index is 2.07. The lowest BCUT2D eigenvalue weighted by Gasteiger charge is -2.43. The van der Waals surface area contributed by atoms with Gasteiger partial charge in [0.1, 0.15) is 5.82 Å². The molecule has 0 aliphatic heterocycles. The average molecular weight is 266 g/mol. The summed E-state index contributed by atoms with van der Waals surface area (Å²) in [6.45, 7) is 1.77. The summed E-state index contributed by atoms with van der Waals surface area (Å²) in [6, 6.07) is 6.16. The maximum Gasteiger partial charge on any atom is 0.315 e. The maximum atomic E-state index is 13.9. The average Bonchev–Trinajstić information content (AvgIpc) is 2.32. The minimum Gasteiger partial charge on any atom is -0.392 e. The van der Waals surface area contributed by atoms with Crippen LogP contribution in [0.5, 0.6) is 0 Å². The van der Waals surface area contributed by atoms with Crippen LogP contribution in [0.15, 0.2) is 24.3 Å². The van der Waals surface area contributed by atoms with Crippen molar-refractivity contribution in [1.82, 2.24) is 10.6 Å². The molecule has 19 heavy (non-hydrogen) atoms. The third-order valence-electron chi connectivity index (χ3n) is 3.51. The highest BCUT2D eigenvalue weighted by Crippen LogP contribution is 2.42. The molecule has 1 saturated carbocycles. The van der Waals surface area contributed by atoms with E-state index in [1.807, 2.05) is 0 Å². The molecule has 0 spiro atoms. The van der Waals surface area contributed by atoms with Gasteiger partial charge in [-0.2, -0.15) is 0 Å². The number of hydrogen-bond donors (Lipinski definition) is 3. The van der Waals surface area contributed by atoms with Gasteiger partial charge >= 0.3 is 6.03 Å². The van der Waals surface area contributed by atoms with Gasteiger partial charge in [-0.15, -0.1) is 0 Å². The Morgan fingerprint density at radius 3 is 2.68 bits per heavy atom. The van der Waals surface area contributed by atoms with Gasteiger partial charge in [-0.25, -0.2) is 9.18 Å². The number of halogens is 1. The molecule has 3 N–H and O–H groups in total. The number of carbonyl (C=O) groups excluding carboxylic acids is 1. The highest BCUT2D eigenvalue weighted by Gasteiger charge is 2.41. The fraction of sp³-hybridized carbons (Fsp3) is 0.500. The molecule has 1 unspecified atom stereocenters. The number of urea groups is 1. The van der Waals surface area contributed by atoms with E-state index in [1.165, 1.54) is 6.07 Å². The van der Waals surface area contributed by atoms with E-state index in [1.54, 1.807) is 25.1 Å². The molecule has 4 nitrogen and oxygen atoms in total. The molecule has 2 amide bonds. The summed E-state index contributed by atoms with van der Waals surface area (Å²) in [4.78, 5) is 11.8. The minimum absolute atomic E-state index is 0.180. The van der Waals surface area contributed by atoms with Crippen LogP contribution in [0.3, 0.4) is 0 Å². The van der Waals surface area contributed by atoms with Crippen molar-refractivity contribution in [3.8, 4) is 0 Å². The third kappa shape index (κ3) is 3.04. The zero-order valence-corrected chi connectivity index (χ0v) is 10.9. The van der Waals surface area contributed by atoms with E-state index in [0.29, 0.717) is 5.56 Å². The quantitative estimate of drug-likeness (QED) is 0.779. The summed E-state index contributed by atoms with van der Waals surface area (Å²) >= 11 is 0. The molecule has 1 atom stereocenters. The van der Waals surface area contributed by atoms with Gasteiger partial charge < -0.3 is 15.7 Å². The van der Waals surface area contributed by atoms with E-state index in [9.17, 15) is 9.18 Å². The van der Waals surface area contributed by atoms with Gasteiger partial charge in [0, 0.05) is 12.1 Å². The van der Waals surface area contributed by atoms with Gasteiger partial charge in [0.25, 0.3) is 0 Å². The topological polar surface area (TPSA) is 61.4 Å². The number of aliphatic hydroxyl groups is 1. The Kier molecular flexibility index (Phi) is 4.04. The summed E-state index contributed by atoms with van der Waals surface area (Å²) in [5.41, 5.74) is -0.0675. The molecule has 1 aliphatic carbocycles. The van der Waals surface area contributed by atoms with Gasteiger partial charge in [-0.05, 0) is 32.3 Å². The van der Waals surface area contributed by atoms with Crippen molar-refractivity contribution in [1.29, 1.82) is 0 Å². The second kappa shape index (κ2) is 5.57. The summed E-state index contributed by atoms with van der Waals surface area (Å²) in [6.07, 6.45) is 1.83. The molecule has 0 heterocycles. The number of carbonyl (C=O) groups is 1. The van der Waals surface area contributed by atoms with Crippen LogP contribution in [0.4, 0.5) is 9.18 Å². The predicted octanol–water partition coefficient (Wildman–Crippen LogP) is 1.88. The van der Waals surface area contributed by atoms with Crippen LogP contribution < -0.4 is 10.6 Å². The van der Waals surface area contributed by atoms with Gasteiger partial charge in [0.15, 0.2) is 0 Å². The Bertz CT molecular complexity index is 459. The molecule has 0 radical (unpaired) electrons. The van der Waals surface area contributed by atoms with Gasteiger partial charge in [-0.3, -0.25) is 0 Å². The summed E-state index contributed by atoms with van der Waals surface area (Å²) < 4.78 is 13.9. The van der Waals surface area contributed by atoms with Crippen molar-refractivity contribution >= 4 is 6.03 Å². The van der Waals surface area contributed by atoms with Crippen molar-refractivity contribution in [2.24, 2.45) is 0 Å². The van der Waals surface area contributed by atoms with E-state index in [-0.39, 0.29) is 18.4 Å². The molecule has 2 rings (SSSR count). The molecule has 0 bridgehead atoms. The molecular weight excluding hydrogens is 247 g/mol. The number of hydrogen-bond acceptors (Lipinski definition) is 2. The standard InChI is InChI=1S/C14H19FN2O2/c1-10(18)9-16-13(19)17-14(7-4-8-14)11-5-2-3-6-12(11)15/h2-3,5-6,10,18H,4,7-9H2,1H3,(H2,16,17,19). The summed E-state index contributed by atoms with van der Waals surface area (Å²) in [5.74, 6) is -0.293. The number of aliphatic hydroxyl groups excluding tert-OH is 1. The van der Waals surface area contributed by atoms with Crippen molar-refractivity contribution in [3.63, 3.8) is 0 Å². The molecule has 1 aromatic carbocycles. The molecule has 5 heteroatoms. The number of amides is 2. The molecule has 0 aromatic heterocycles. The Labute approximate surface area is 112 Å². The number of nitrogens with one attached hydrogen (secondary N) is 2. The first kappa shape index (κ1) is 13.8. The molecular formula is C14H19FN2O2. The smallest absolute Gasteiger partial charge is 0.315 e. The van der Waals surface area contributed by atoms with Crippen LogP contribution in [0, 0.1) is 5.82 Å². The molecule has 1 aliphatic rings. The lowest BCUT2D eigenvalue weighted by Crippen LogP contribution is -2.55. The van der Waals surface area contributed by atoms with E-state index in [2.05, 4.69) is 10.6 Å². The van der Waals surface area contributed by atoms with Crippen LogP contribution in [0.1, 0.15) is 31.7 Å². The number of benzene rings is 1. The highest BCUT2D eigenvalue weighted by molar-refractivity contribution is 5.75. The fourth-order valence-electron chi connectivity index (χ4n) is 2.34. The van der Waals surface area contributed by atoms with Crippen LogP contribution in [0.2, 0.25) is 0 Å². The van der Waals surface area contributed by atoms with E-state index in [0.717, 1.165) is 19.3 Å². The van der Waals surface area contributed by atoms with Crippen molar-refractivity contribution < 1.29 is 14.3 Å². The van der Waals surface area contributed by atoms with Gasteiger partial charge in [-0.1, -0.05) is 18.2 Å². The van der Waals surface area contributed by atoms with Crippen molar-refractivity contribution in [2.75, 3.05) is 6.54 Å². The SMILES string of the molecule is CC(O)CNC(=O)NC1(c2ccccc2F)CCC1. The normalized spacial score (nSPS) is 18.3. The van der Waals surface area contributed by atoms with Gasteiger partial charge in [0.05, 0.1) is 11.6 Å². The third-order valence-corrected chi connectivity index (χ3v) is 3.51. The largest absolute Gasteiger partial charge is 0.392 e. The van der Waals surface area contributed by atoms with Crippen molar-refractivity contribution in [2.45, 2.75) is 37.8 Å². The first-order valence-corrected chi connectivity index (χ1v) is 6.52. The molecule has 0 saturated heterocycles. The lowest BCUT2D eigenvalue weighted by atomic mass is 9.71. The van der Waals surface area contributed by atoms with Crippen LogP contribution >= 0.6 is 0 Å². The Morgan fingerprint density at radius 2 is 2.16 bits per heavy atom. The summed E-state index contributed by atoms with van der Waals surface area (Å²) in [7, 11) is 0. The van der Waals surface area contributed by atoms with E-state index < -0.39 is 11.6 Å². The monoisotopic (exact) mass is 266 g/mol. The minimum atomic E-state index is -0.603. The Morgan fingerprint density at radius 1 is 1.47 bits per heavy atom. The maximum absolute atomic E-state index is 13.9. The fourth-order valence-corrected chi connectivity index (χ4v) is 2.34. The Hall–Kier alpha value is -1.62. The first-order chi connectivity index (χ1) is 9.03. The summed E-state index contributed by atoms with van der Waals surface area (Å²) in [5, 5.41) is 14.5. The zero-order valence-electron chi connectivity index (χ0n) is 10.9. The van der Waals surface area contributed by atoms with Crippen LogP contribution in [-0.4, -0.2) is 23.8 Å². The number of rotatable bonds is 4. The van der Waals surface area contributed by atoms with E-state index in [4.69, 9.17) is 5.11 Å². The van der Waals surface area contributed by atoms with Crippen molar-refractivity contribution in [3.05, 3.63) is 35.6 Å². The highest BCUT2D eigenvalue weighted by atomic mass is 19.1. The van der Waals surface area contributed by atoms with Crippen LogP contribution in [0.25, 0.3) is 0 Å². The molecule has 1 aromatic rings. The van der Waals surface area contributed by atoms with Crippen LogP contribution in [-0.2, 0) is 5.54 Å². The van der Waals surface area contributed by atoms with E-state index >= 15 is 0 Å². The predicted molar refractivity (Wildman–Crippen MR) is 70.1 cm³/mol. The zero-order chi connectivity index (χ0) is 13.9.